The SMILES string of the molecule is CSc1ccc(OC2=NO[C@]3(CCc4cc(OC(F)(F)F)ccc43)C2)cn1. The van der Waals surface area contributed by atoms with Crippen LogP contribution in [0.25, 0.3) is 0 Å². The Hall–Kier alpha value is -2.42. The van der Waals surface area contributed by atoms with E-state index in [4.69, 9.17) is 9.57 Å². The first-order valence-corrected chi connectivity index (χ1v) is 9.41. The molecule has 1 aromatic carbocycles. The second-order valence-corrected chi connectivity index (χ2v) is 7.08. The number of thioether (sulfide) groups is 1. The third-order valence-corrected chi connectivity index (χ3v) is 5.17. The average Bonchev–Trinajstić information content (AvgIpc) is 3.19. The Balaban J connectivity index is 1.48. The molecule has 1 aliphatic heterocycles. The van der Waals surface area contributed by atoms with Crippen LogP contribution in [0.5, 0.6) is 11.5 Å². The lowest BCUT2D eigenvalue weighted by atomic mass is 9.92. The Kier molecular flexibility index (Phi) is 4.41. The maximum Gasteiger partial charge on any atom is 0.573 e. The Bertz CT molecular complexity index is 886. The molecule has 1 spiro atoms. The molecule has 1 aromatic heterocycles. The molecule has 5 nitrogen and oxygen atoms in total. The number of benzene rings is 1. The number of hydrogen-bond donors (Lipinski definition) is 0. The highest BCUT2D eigenvalue weighted by molar-refractivity contribution is 7.98. The van der Waals surface area contributed by atoms with Crippen LogP contribution in [0, 0.1) is 0 Å². The standard InChI is InChI=1S/C18H15F3N2O3S/c1-27-16-5-3-13(10-22-16)24-15-9-17(26-23-15)7-6-11-8-12(2-4-14(11)17)25-18(19,20)21/h2-5,8,10H,6-7,9H2,1H3/t17-/m1/s1. The van der Waals surface area contributed by atoms with E-state index >= 15 is 0 Å². The molecule has 27 heavy (non-hydrogen) atoms. The predicted molar refractivity (Wildman–Crippen MR) is 92.9 cm³/mol. The lowest BCUT2D eigenvalue weighted by Gasteiger charge is -2.21. The van der Waals surface area contributed by atoms with Gasteiger partial charge in [0.25, 0.3) is 0 Å². The number of ether oxygens (including phenoxy) is 2. The molecule has 2 heterocycles. The summed E-state index contributed by atoms with van der Waals surface area (Å²) in [6.07, 6.45) is 0.435. The molecule has 0 amide bonds. The molecule has 0 N–H and O–H groups in total. The van der Waals surface area contributed by atoms with Crippen LogP contribution in [0.3, 0.4) is 0 Å². The third-order valence-electron chi connectivity index (χ3n) is 4.51. The predicted octanol–water partition coefficient (Wildman–Crippen LogP) is 4.66. The zero-order chi connectivity index (χ0) is 19.1. The number of alkyl halides is 3. The summed E-state index contributed by atoms with van der Waals surface area (Å²) in [7, 11) is 0. The van der Waals surface area contributed by atoms with Crippen molar-refractivity contribution in [2.75, 3.05) is 6.26 Å². The van der Waals surface area contributed by atoms with Gasteiger partial charge in [0.2, 0.25) is 5.90 Å². The molecule has 2 aromatic rings. The van der Waals surface area contributed by atoms with Crippen molar-refractivity contribution in [3.8, 4) is 11.5 Å². The normalized spacial score (nSPS) is 21.0. The third kappa shape index (κ3) is 3.69. The zero-order valence-corrected chi connectivity index (χ0v) is 15.1. The number of oxime groups is 1. The van der Waals surface area contributed by atoms with Gasteiger partial charge in [0.15, 0.2) is 5.60 Å². The lowest BCUT2D eigenvalue weighted by Crippen LogP contribution is -2.24. The zero-order valence-electron chi connectivity index (χ0n) is 14.2. The van der Waals surface area contributed by atoms with Crippen LogP contribution in [0.2, 0.25) is 0 Å². The lowest BCUT2D eigenvalue weighted by molar-refractivity contribution is -0.274. The molecule has 0 radical (unpaired) electrons. The van der Waals surface area contributed by atoms with Gasteiger partial charge in [-0.25, -0.2) is 4.98 Å². The highest BCUT2D eigenvalue weighted by Gasteiger charge is 2.47. The molecule has 0 saturated heterocycles. The monoisotopic (exact) mass is 396 g/mol. The number of halogens is 3. The summed E-state index contributed by atoms with van der Waals surface area (Å²) in [4.78, 5) is 9.91. The summed E-state index contributed by atoms with van der Waals surface area (Å²) in [5.41, 5.74) is 0.878. The summed E-state index contributed by atoms with van der Waals surface area (Å²) >= 11 is 1.53. The van der Waals surface area contributed by atoms with Gasteiger partial charge in [-0.3, -0.25) is 0 Å². The van der Waals surface area contributed by atoms with Crippen LogP contribution >= 0.6 is 11.8 Å². The summed E-state index contributed by atoms with van der Waals surface area (Å²) in [6.45, 7) is 0. The van der Waals surface area contributed by atoms with E-state index < -0.39 is 12.0 Å². The van der Waals surface area contributed by atoms with Crippen molar-refractivity contribution in [1.29, 1.82) is 0 Å². The Morgan fingerprint density at radius 1 is 1.19 bits per heavy atom. The molecule has 0 fully saturated rings. The van der Waals surface area contributed by atoms with E-state index in [0.29, 0.717) is 30.9 Å². The van der Waals surface area contributed by atoms with Gasteiger partial charge in [0.05, 0.1) is 17.6 Å². The number of rotatable bonds is 3. The van der Waals surface area contributed by atoms with E-state index in [-0.39, 0.29) is 5.75 Å². The van der Waals surface area contributed by atoms with Gasteiger partial charge in [-0.1, -0.05) is 11.2 Å². The summed E-state index contributed by atoms with van der Waals surface area (Å²) in [6, 6.07) is 7.96. The molecule has 0 bridgehead atoms. The van der Waals surface area contributed by atoms with Gasteiger partial charge in [-0.05, 0) is 48.9 Å². The maximum absolute atomic E-state index is 12.4. The highest BCUT2D eigenvalue weighted by atomic mass is 32.2. The van der Waals surface area contributed by atoms with Crippen molar-refractivity contribution in [3.63, 3.8) is 0 Å². The van der Waals surface area contributed by atoms with Crippen LogP contribution in [0.4, 0.5) is 13.2 Å². The number of pyridine rings is 1. The van der Waals surface area contributed by atoms with Crippen LogP contribution in [-0.4, -0.2) is 23.5 Å². The van der Waals surface area contributed by atoms with Gasteiger partial charge < -0.3 is 14.3 Å². The minimum absolute atomic E-state index is 0.228. The van der Waals surface area contributed by atoms with Crippen LogP contribution in [0.15, 0.2) is 46.7 Å². The van der Waals surface area contributed by atoms with E-state index in [1.54, 1.807) is 18.3 Å². The van der Waals surface area contributed by atoms with Crippen LogP contribution in [0.1, 0.15) is 24.0 Å². The molecule has 2 aliphatic rings. The first-order chi connectivity index (χ1) is 12.9. The fraction of sp³-hybridized carbons (Fsp3) is 0.333. The van der Waals surface area contributed by atoms with Crippen molar-refractivity contribution in [2.24, 2.45) is 5.16 Å². The molecule has 1 atom stereocenters. The Labute approximate surface area is 157 Å². The van der Waals surface area contributed by atoms with Crippen LogP contribution < -0.4 is 9.47 Å². The number of nitrogens with zero attached hydrogens (tertiary/aromatic N) is 2. The van der Waals surface area contributed by atoms with E-state index in [2.05, 4.69) is 14.9 Å². The van der Waals surface area contributed by atoms with Crippen molar-refractivity contribution in [2.45, 2.75) is 36.3 Å². The van der Waals surface area contributed by atoms with E-state index in [1.165, 1.54) is 23.9 Å². The van der Waals surface area contributed by atoms with E-state index in [0.717, 1.165) is 16.2 Å². The molecule has 9 heteroatoms. The topological polar surface area (TPSA) is 52.9 Å². The Morgan fingerprint density at radius 3 is 2.70 bits per heavy atom. The average molecular weight is 396 g/mol. The van der Waals surface area contributed by atoms with Gasteiger partial charge in [-0.2, -0.15) is 0 Å². The molecular weight excluding hydrogens is 381 g/mol. The van der Waals surface area contributed by atoms with Gasteiger partial charge in [-0.15, -0.1) is 24.9 Å². The minimum Gasteiger partial charge on any atom is -0.438 e. The second kappa shape index (κ2) is 6.63. The van der Waals surface area contributed by atoms with Crippen molar-refractivity contribution in [1.82, 2.24) is 4.98 Å². The van der Waals surface area contributed by atoms with E-state index in [1.807, 2.05) is 12.3 Å². The summed E-state index contributed by atoms with van der Waals surface area (Å²) in [5, 5.41) is 4.92. The first-order valence-electron chi connectivity index (χ1n) is 8.19. The molecule has 142 valence electrons. The molecule has 0 unspecified atom stereocenters. The fourth-order valence-electron chi connectivity index (χ4n) is 3.35. The second-order valence-electron chi connectivity index (χ2n) is 6.25. The van der Waals surface area contributed by atoms with Gasteiger partial charge >= 0.3 is 6.36 Å². The van der Waals surface area contributed by atoms with Gasteiger partial charge in [0, 0.05) is 5.56 Å². The van der Waals surface area contributed by atoms with E-state index in [9.17, 15) is 13.2 Å². The largest absolute Gasteiger partial charge is 0.573 e. The Morgan fingerprint density at radius 2 is 2.00 bits per heavy atom. The van der Waals surface area contributed by atoms with Crippen LogP contribution in [-0.2, 0) is 16.9 Å². The number of aromatic nitrogens is 1. The van der Waals surface area contributed by atoms with Crippen molar-refractivity contribution in [3.05, 3.63) is 47.7 Å². The summed E-state index contributed by atoms with van der Waals surface area (Å²) in [5.74, 6) is 0.741. The van der Waals surface area contributed by atoms with Crippen molar-refractivity contribution >= 4 is 17.7 Å². The number of fused-ring (bicyclic) bond motifs is 2. The molecule has 1 aliphatic carbocycles. The highest BCUT2D eigenvalue weighted by Crippen LogP contribution is 2.47. The molecule has 4 rings (SSSR count). The maximum atomic E-state index is 12.4. The minimum atomic E-state index is -4.71. The van der Waals surface area contributed by atoms with Crippen molar-refractivity contribution < 1.29 is 27.5 Å². The number of hydrogen-bond acceptors (Lipinski definition) is 6. The molecule has 0 saturated carbocycles. The quantitative estimate of drug-likeness (QED) is 0.707. The first kappa shape index (κ1) is 18.0. The van der Waals surface area contributed by atoms with Gasteiger partial charge in [0.1, 0.15) is 11.5 Å². The fourth-order valence-corrected chi connectivity index (χ4v) is 3.72. The smallest absolute Gasteiger partial charge is 0.438 e. The molecular formula is C18H15F3N2O3S. The summed E-state index contributed by atoms with van der Waals surface area (Å²) < 4.78 is 47.0. The number of aryl methyl sites for hydroxylation is 1.